The molecule has 0 fully saturated rings. The zero-order valence-electron chi connectivity index (χ0n) is 11.6. The van der Waals surface area contributed by atoms with Crippen molar-refractivity contribution in [2.24, 2.45) is 0 Å². The topological polar surface area (TPSA) is 46.2 Å². The van der Waals surface area contributed by atoms with Gasteiger partial charge in [0.1, 0.15) is 0 Å². The van der Waals surface area contributed by atoms with E-state index in [1.165, 1.54) is 16.7 Å². The number of anilines is 1. The number of ether oxygens (including phenoxy) is 1. The van der Waals surface area contributed by atoms with Gasteiger partial charge in [0.25, 0.3) is 0 Å². The van der Waals surface area contributed by atoms with E-state index in [0.29, 0.717) is 6.61 Å². The van der Waals surface area contributed by atoms with Crippen LogP contribution < -0.4 is 15.4 Å². The Bertz CT molecular complexity index is 598. The normalized spacial score (nSPS) is 13.1. The van der Waals surface area contributed by atoms with E-state index < -0.39 is 0 Å². The minimum Gasteiger partial charge on any atom is -0.490 e. The van der Waals surface area contributed by atoms with E-state index in [-0.39, 0.29) is 0 Å². The maximum absolute atomic E-state index is 5.56. The van der Waals surface area contributed by atoms with E-state index in [0.717, 1.165) is 31.2 Å². The lowest BCUT2D eigenvalue weighted by Gasteiger charge is -2.11. The molecule has 2 aromatic rings. The molecule has 0 saturated heterocycles. The van der Waals surface area contributed by atoms with Gasteiger partial charge in [0.2, 0.25) is 0 Å². The lowest BCUT2D eigenvalue weighted by molar-refractivity contribution is 0.340. The van der Waals surface area contributed by atoms with Crippen LogP contribution in [0.4, 0.5) is 5.82 Å². The van der Waals surface area contributed by atoms with Gasteiger partial charge >= 0.3 is 0 Å². The Balaban J connectivity index is 1.70. The lowest BCUT2D eigenvalue weighted by atomic mass is 10.1. The minimum absolute atomic E-state index is 0.644. The highest BCUT2D eigenvalue weighted by Crippen LogP contribution is 2.22. The maximum atomic E-state index is 5.56. The summed E-state index contributed by atoms with van der Waals surface area (Å²) < 4.78 is 5.56. The van der Waals surface area contributed by atoms with Gasteiger partial charge in [0, 0.05) is 25.8 Å². The Hall–Kier alpha value is -2.07. The molecular weight excluding hydrogens is 250 g/mol. The van der Waals surface area contributed by atoms with Gasteiger partial charge in [-0.15, -0.1) is 0 Å². The summed E-state index contributed by atoms with van der Waals surface area (Å²) in [5.74, 6) is 1.60. The van der Waals surface area contributed by atoms with Crippen molar-refractivity contribution in [3.63, 3.8) is 0 Å². The molecule has 2 heterocycles. The van der Waals surface area contributed by atoms with Crippen molar-refractivity contribution in [3.8, 4) is 5.75 Å². The van der Waals surface area contributed by atoms with Crippen LogP contribution in [0.2, 0.25) is 0 Å². The van der Waals surface area contributed by atoms with Gasteiger partial charge < -0.3 is 15.4 Å². The zero-order valence-corrected chi connectivity index (χ0v) is 11.6. The molecule has 0 saturated carbocycles. The van der Waals surface area contributed by atoms with Crippen LogP contribution in [0.3, 0.4) is 0 Å². The summed E-state index contributed by atoms with van der Waals surface area (Å²) in [4.78, 5) is 4.34. The van der Waals surface area contributed by atoms with Crippen LogP contribution in [0.25, 0.3) is 0 Å². The second-order valence-corrected chi connectivity index (χ2v) is 4.84. The van der Waals surface area contributed by atoms with Crippen molar-refractivity contribution < 1.29 is 4.74 Å². The average Bonchev–Trinajstić information content (AvgIpc) is 2.94. The van der Waals surface area contributed by atoms with E-state index in [1.54, 1.807) is 6.20 Å². The highest BCUT2D eigenvalue weighted by atomic mass is 16.5. The van der Waals surface area contributed by atoms with Crippen LogP contribution in [-0.2, 0) is 19.6 Å². The third-order valence-electron chi connectivity index (χ3n) is 3.43. The molecule has 3 rings (SSSR count). The van der Waals surface area contributed by atoms with E-state index in [1.807, 2.05) is 19.1 Å². The number of rotatable bonds is 5. The summed E-state index contributed by atoms with van der Waals surface area (Å²) in [6, 6.07) is 10.4. The summed E-state index contributed by atoms with van der Waals surface area (Å²) in [5, 5.41) is 6.71. The van der Waals surface area contributed by atoms with Crippen LogP contribution in [0, 0.1) is 0 Å². The van der Waals surface area contributed by atoms with Crippen molar-refractivity contribution in [2.75, 3.05) is 11.9 Å². The summed E-state index contributed by atoms with van der Waals surface area (Å²) in [7, 11) is 0. The predicted octanol–water partition coefficient (Wildman–Crippen LogP) is 2.70. The first-order chi connectivity index (χ1) is 9.86. The monoisotopic (exact) mass is 269 g/mol. The number of aromatic nitrogens is 1. The molecule has 0 amide bonds. The van der Waals surface area contributed by atoms with Gasteiger partial charge in [0.05, 0.1) is 6.61 Å². The first-order valence-electron chi connectivity index (χ1n) is 7.00. The molecule has 1 aliphatic rings. The van der Waals surface area contributed by atoms with E-state index in [2.05, 4.69) is 33.8 Å². The molecule has 0 unspecified atom stereocenters. The predicted molar refractivity (Wildman–Crippen MR) is 79.7 cm³/mol. The Labute approximate surface area is 119 Å². The van der Waals surface area contributed by atoms with Gasteiger partial charge in [0.15, 0.2) is 11.6 Å². The first kappa shape index (κ1) is 12.9. The molecule has 104 valence electrons. The number of fused-ring (bicyclic) bond motifs is 1. The molecule has 0 spiro atoms. The van der Waals surface area contributed by atoms with Gasteiger partial charge in [-0.25, -0.2) is 4.98 Å². The number of nitrogens with one attached hydrogen (secondary N) is 2. The second kappa shape index (κ2) is 5.92. The highest BCUT2D eigenvalue weighted by Gasteiger charge is 2.10. The van der Waals surface area contributed by atoms with Crippen LogP contribution in [0.15, 0.2) is 36.5 Å². The molecule has 20 heavy (non-hydrogen) atoms. The zero-order chi connectivity index (χ0) is 13.8. The van der Waals surface area contributed by atoms with E-state index in [9.17, 15) is 0 Å². The number of hydrogen-bond donors (Lipinski definition) is 2. The van der Waals surface area contributed by atoms with Crippen molar-refractivity contribution in [3.05, 3.63) is 53.2 Å². The van der Waals surface area contributed by atoms with Crippen molar-refractivity contribution >= 4 is 5.82 Å². The summed E-state index contributed by atoms with van der Waals surface area (Å²) in [6.45, 7) is 5.33. The van der Waals surface area contributed by atoms with Crippen LogP contribution in [-0.4, -0.2) is 11.6 Å². The summed E-state index contributed by atoms with van der Waals surface area (Å²) in [5.41, 5.74) is 4.07. The van der Waals surface area contributed by atoms with Gasteiger partial charge in [-0.1, -0.05) is 18.2 Å². The number of hydrogen-bond acceptors (Lipinski definition) is 4. The number of benzene rings is 1. The Morgan fingerprint density at radius 1 is 1.25 bits per heavy atom. The molecule has 0 atom stereocenters. The molecule has 1 aromatic carbocycles. The lowest BCUT2D eigenvalue weighted by Crippen LogP contribution is -2.05. The fourth-order valence-electron chi connectivity index (χ4n) is 2.44. The fourth-order valence-corrected chi connectivity index (χ4v) is 2.44. The molecule has 1 aliphatic heterocycles. The summed E-state index contributed by atoms with van der Waals surface area (Å²) >= 11 is 0. The molecule has 0 bridgehead atoms. The quantitative estimate of drug-likeness (QED) is 0.876. The third-order valence-corrected chi connectivity index (χ3v) is 3.43. The standard InChI is InChI=1S/C16H19N3O/c1-2-20-15-4-3-7-18-16(15)19-9-12-5-6-13-10-17-11-14(13)8-12/h3-8,17H,2,9-11H2,1H3,(H,18,19). The number of nitrogens with zero attached hydrogens (tertiary/aromatic N) is 1. The van der Waals surface area contributed by atoms with Crippen molar-refractivity contribution in [2.45, 2.75) is 26.6 Å². The van der Waals surface area contributed by atoms with Crippen LogP contribution in [0.5, 0.6) is 5.75 Å². The number of pyridine rings is 1. The Morgan fingerprint density at radius 2 is 2.15 bits per heavy atom. The van der Waals surface area contributed by atoms with Crippen molar-refractivity contribution in [1.82, 2.24) is 10.3 Å². The Kier molecular flexibility index (Phi) is 3.83. The van der Waals surface area contributed by atoms with Gasteiger partial charge in [-0.2, -0.15) is 0 Å². The highest BCUT2D eigenvalue weighted by molar-refractivity contribution is 5.50. The molecular formula is C16H19N3O. The molecule has 0 radical (unpaired) electrons. The molecule has 1 aromatic heterocycles. The third kappa shape index (κ3) is 2.75. The Morgan fingerprint density at radius 3 is 3.05 bits per heavy atom. The largest absolute Gasteiger partial charge is 0.490 e. The average molecular weight is 269 g/mol. The van der Waals surface area contributed by atoms with E-state index >= 15 is 0 Å². The van der Waals surface area contributed by atoms with Gasteiger partial charge in [-0.05, 0) is 35.7 Å². The summed E-state index contributed by atoms with van der Waals surface area (Å²) in [6.07, 6.45) is 1.78. The van der Waals surface area contributed by atoms with Crippen molar-refractivity contribution in [1.29, 1.82) is 0 Å². The molecule has 4 heteroatoms. The molecule has 0 aliphatic carbocycles. The smallest absolute Gasteiger partial charge is 0.169 e. The fraction of sp³-hybridized carbons (Fsp3) is 0.312. The minimum atomic E-state index is 0.644. The molecule has 4 nitrogen and oxygen atoms in total. The van der Waals surface area contributed by atoms with Crippen LogP contribution in [0.1, 0.15) is 23.6 Å². The van der Waals surface area contributed by atoms with Crippen LogP contribution >= 0.6 is 0 Å². The molecule has 2 N–H and O–H groups in total. The first-order valence-corrected chi connectivity index (χ1v) is 7.00. The SMILES string of the molecule is CCOc1cccnc1NCc1ccc2c(c1)CNC2. The van der Waals surface area contributed by atoms with Gasteiger partial charge in [-0.3, -0.25) is 0 Å². The second-order valence-electron chi connectivity index (χ2n) is 4.84. The maximum Gasteiger partial charge on any atom is 0.169 e. The van der Waals surface area contributed by atoms with E-state index in [4.69, 9.17) is 4.74 Å².